The zero-order valence-electron chi connectivity index (χ0n) is 23.1. The third kappa shape index (κ3) is 6.16. The maximum Gasteiger partial charge on any atom is 0.471 e. The van der Waals surface area contributed by atoms with Crippen LogP contribution in [0.25, 0.3) is 0 Å². The molecule has 2 aliphatic carbocycles. The second-order valence-electron chi connectivity index (χ2n) is 11.8. The highest BCUT2D eigenvalue weighted by molar-refractivity contribution is 5.97. The molecule has 2 aliphatic heterocycles. The van der Waals surface area contributed by atoms with Gasteiger partial charge in [-0.05, 0) is 30.7 Å². The maximum atomic E-state index is 14.1. The van der Waals surface area contributed by atoms with Gasteiger partial charge in [0, 0.05) is 25.6 Å². The first-order chi connectivity index (χ1) is 19.8. The van der Waals surface area contributed by atoms with Gasteiger partial charge < -0.3 is 30.9 Å². The summed E-state index contributed by atoms with van der Waals surface area (Å²) in [5.41, 5.74) is 4.79. The van der Waals surface area contributed by atoms with Crippen LogP contribution in [-0.4, -0.2) is 82.8 Å². The largest absolute Gasteiger partial charge is 0.475 e. The van der Waals surface area contributed by atoms with Crippen molar-refractivity contribution >= 4 is 29.5 Å². The minimum absolute atomic E-state index is 0.00933. The number of rotatable bonds is 9. The van der Waals surface area contributed by atoms with Crippen LogP contribution in [0.1, 0.15) is 50.5 Å². The molecule has 1 aromatic rings. The van der Waals surface area contributed by atoms with E-state index in [1.54, 1.807) is 24.3 Å². The molecule has 2 heterocycles. The van der Waals surface area contributed by atoms with E-state index < -0.39 is 59.4 Å². The summed E-state index contributed by atoms with van der Waals surface area (Å²) in [7, 11) is 1.31. The van der Waals surface area contributed by atoms with Crippen molar-refractivity contribution in [1.82, 2.24) is 20.4 Å². The molecule has 5 rings (SSSR count). The number of benzene rings is 1. The number of fused-ring (bicyclic) bond motifs is 1. The third-order valence-corrected chi connectivity index (χ3v) is 8.55. The third-order valence-electron chi connectivity index (χ3n) is 8.55. The number of nitrogens with zero attached hydrogens (tertiary/aromatic N) is 2. The van der Waals surface area contributed by atoms with Gasteiger partial charge in [-0.25, -0.2) is 0 Å². The standard InChI is InChI=1S/C28H34F3N5O6/c1-35(23(38)18(10-15-6-7-15)34-26(41)28(29,30)31)19(11-16-8-9-16)24(39)36-14-27(12-20(36)22(32)37)25(40)33-13-17-4-2-3-5-21(17)42-27/h2-5,15-16,18-20H,6-14H2,1H3,(H2,32,37)(H,33,40)(H,34,41)/t18-,19?,20-,27+/m0/s1. The molecular weight excluding hydrogens is 559 g/mol. The van der Waals surface area contributed by atoms with Gasteiger partial charge in [-0.2, -0.15) is 13.2 Å². The molecule has 4 atom stereocenters. The van der Waals surface area contributed by atoms with E-state index in [9.17, 15) is 37.1 Å². The number of hydrogen-bond donors (Lipinski definition) is 3. The Labute approximate surface area is 240 Å². The zero-order chi connectivity index (χ0) is 30.4. The van der Waals surface area contributed by atoms with Crippen molar-refractivity contribution < 1.29 is 41.9 Å². The van der Waals surface area contributed by atoms with E-state index in [-0.39, 0.29) is 44.2 Å². The first kappa shape index (κ1) is 29.6. The summed E-state index contributed by atoms with van der Waals surface area (Å²) >= 11 is 0. The number of carbonyl (C=O) groups is 5. The molecular formula is C28H34F3N5O6. The van der Waals surface area contributed by atoms with Crippen LogP contribution in [0.15, 0.2) is 24.3 Å². The smallest absolute Gasteiger partial charge is 0.471 e. The van der Waals surface area contributed by atoms with Crippen molar-refractivity contribution in [2.75, 3.05) is 13.6 Å². The summed E-state index contributed by atoms with van der Waals surface area (Å²) in [6, 6.07) is 3.10. The lowest BCUT2D eigenvalue weighted by Crippen LogP contribution is -2.58. The van der Waals surface area contributed by atoms with E-state index >= 15 is 0 Å². The second kappa shape index (κ2) is 11.1. The molecule has 4 N–H and O–H groups in total. The minimum atomic E-state index is -5.18. The Hall–Kier alpha value is -3.84. The predicted molar refractivity (Wildman–Crippen MR) is 140 cm³/mol. The van der Waals surface area contributed by atoms with Gasteiger partial charge in [0.2, 0.25) is 23.3 Å². The molecule has 0 aromatic heterocycles. The number of nitrogens with one attached hydrogen (secondary N) is 2. The Morgan fingerprint density at radius 2 is 1.79 bits per heavy atom. The Balaban J connectivity index is 1.41. The summed E-state index contributed by atoms with van der Waals surface area (Å²) in [5.74, 6) is -4.62. The minimum Gasteiger partial charge on any atom is -0.475 e. The van der Waals surface area contributed by atoms with E-state index in [0.717, 1.165) is 35.5 Å². The van der Waals surface area contributed by atoms with Crippen LogP contribution >= 0.6 is 0 Å². The number of nitrogens with two attached hydrogens (primary N) is 1. The molecule has 0 bridgehead atoms. The van der Waals surface area contributed by atoms with Crippen molar-refractivity contribution in [3.63, 3.8) is 0 Å². The molecule has 11 nitrogen and oxygen atoms in total. The maximum absolute atomic E-state index is 14.1. The summed E-state index contributed by atoms with van der Waals surface area (Å²) in [5, 5.41) is 4.59. The van der Waals surface area contributed by atoms with Crippen LogP contribution in [-0.2, 0) is 30.5 Å². The van der Waals surface area contributed by atoms with Gasteiger partial charge in [-0.3, -0.25) is 24.0 Å². The Bertz CT molecular complexity index is 1280. The predicted octanol–water partition coefficient (Wildman–Crippen LogP) is 0.995. The van der Waals surface area contributed by atoms with E-state index in [1.165, 1.54) is 7.05 Å². The molecule has 228 valence electrons. The number of halogens is 3. The van der Waals surface area contributed by atoms with Crippen LogP contribution in [0.2, 0.25) is 0 Å². The van der Waals surface area contributed by atoms with E-state index in [0.29, 0.717) is 11.3 Å². The van der Waals surface area contributed by atoms with Gasteiger partial charge in [-0.15, -0.1) is 0 Å². The first-order valence-electron chi connectivity index (χ1n) is 14.1. The molecule has 2 saturated carbocycles. The van der Waals surface area contributed by atoms with Crippen LogP contribution in [0.3, 0.4) is 0 Å². The van der Waals surface area contributed by atoms with E-state index in [4.69, 9.17) is 10.5 Å². The lowest BCUT2D eigenvalue weighted by molar-refractivity contribution is -0.175. The summed E-state index contributed by atoms with van der Waals surface area (Å²) in [6.45, 7) is -0.140. The summed E-state index contributed by atoms with van der Waals surface area (Å²) < 4.78 is 45.4. The van der Waals surface area contributed by atoms with Crippen LogP contribution in [0.5, 0.6) is 5.75 Å². The summed E-state index contributed by atoms with van der Waals surface area (Å²) in [6.07, 6.45) is -2.13. The highest BCUT2D eigenvalue weighted by atomic mass is 19.4. The number of ether oxygens (including phenoxy) is 1. The molecule has 4 aliphatic rings. The number of alkyl halides is 3. The summed E-state index contributed by atoms with van der Waals surface area (Å²) in [4.78, 5) is 67.6. The zero-order valence-corrected chi connectivity index (χ0v) is 23.1. The lowest BCUT2D eigenvalue weighted by atomic mass is 9.98. The molecule has 42 heavy (non-hydrogen) atoms. The van der Waals surface area contributed by atoms with Crippen molar-refractivity contribution in [2.24, 2.45) is 17.6 Å². The van der Waals surface area contributed by atoms with Gasteiger partial charge >= 0.3 is 12.1 Å². The number of carbonyl (C=O) groups excluding carboxylic acids is 5. The van der Waals surface area contributed by atoms with Gasteiger partial charge in [0.1, 0.15) is 23.9 Å². The highest BCUT2D eigenvalue weighted by Crippen LogP contribution is 2.39. The van der Waals surface area contributed by atoms with Crippen molar-refractivity contribution in [3.05, 3.63) is 29.8 Å². The van der Waals surface area contributed by atoms with Crippen molar-refractivity contribution in [1.29, 1.82) is 0 Å². The quantitative estimate of drug-likeness (QED) is 0.389. The van der Waals surface area contributed by atoms with Crippen molar-refractivity contribution in [3.8, 4) is 5.75 Å². The van der Waals surface area contributed by atoms with Gasteiger partial charge in [0.25, 0.3) is 5.91 Å². The van der Waals surface area contributed by atoms with Crippen LogP contribution < -0.4 is 21.1 Å². The molecule has 0 radical (unpaired) electrons. The average Bonchev–Trinajstić information content (AvgIpc) is 3.87. The van der Waals surface area contributed by atoms with Gasteiger partial charge in [0.05, 0.1) is 6.54 Å². The molecule has 1 saturated heterocycles. The molecule has 3 fully saturated rings. The molecule has 5 amide bonds. The first-order valence-corrected chi connectivity index (χ1v) is 14.1. The lowest BCUT2D eigenvalue weighted by Gasteiger charge is -2.35. The molecule has 1 aromatic carbocycles. The fourth-order valence-corrected chi connectivity index (χ4v) is 5.77. The average molecular weight is 594 g/mol. The Kier molecular flexibility index (Phi) is 7.84. The number of likely N-dealkylation sites (tertiary alicyclic amines) is 1. The number of para-hydroxylation sites is 1. The monoisotopic (exact) mass is 593 g/mol. The van der Waals surface area contributed by atoms with Crippen LogP contribution in [0, 0.1) is 11.8 Å². The molecule has 1 unspecified atom stereocenters. The van der Waals surface area contributed by atoms with E-state index in [1.807, 2.05) is 5.32 Å². The normalized spacial score (nSPS) is 25.0. The highest BCUT2D eigenvalue weighted by Gasteiger charge is 2.57. The number of hydrogen-bond acceptors (Lipinski definition) is 6. The van der Waals surface area contributed by atoms with Crippen LogP contribution in [0.4, 0.5) is 13.2 Å². The fraction of sp³-hybridized carbons (Fsp3) is 0.607. The molecule has 1 spiro atoms. The Morgan fingerprint density at radius 1 is 1.14 bits per heavy atom. The number of primary amides is 1. The second-order valence-corrected chi connectivity index (χ2v) is 11.8. The molecule has 14 heteroatoms. The van der Waals surface area contributed by atoms with Crippen molar-refractivity contribution in [2.45, 2.75) is 81.4 Å². The van der Waals surface area contributed by atoms with Gasteiger partial charge in [0.15, 0.2) is 0 Å². The topological polar surface area (TPSA) is 151 Å². The Morgan fingerprint density at radius 3 is 2.40 bits per heavy atom. The SMILES string of the molecule is CN(C(=O)[C@H](CC1CC1)NC(=O)C(F)(F)F)C(CC1CC1)C(=O)N1C[C@@]2(C[C@H]1C(N)=O)Oc1ccccc1CNC2=O. The fourth-order valence-electron chi connectivity index (χ4n) is 5.77. The van der Waals surface area contributed by atoms with E-state index in [2.05, 4.69) is 5.32 Å². The number of amides is 5. The number of likely N-dealkylation sites (N-methyl/N-ethyl adjacent to an activating group) is 1. The van der Waals surface area contributed by atoms with Gasteiger partial charge in [-0.1, -0.05) is 43.9 Å².